The highest BCUT2D eigenvalue weighted by Gasteiger charge is 2.18. The van der Waals surface area contributed by atoms with Gasteiger partial charge in [-0.15, -0.1) is 11.3 Å². The van der Waals surface area contributed by atoms with Crippen molar-refractivity contribution in [2.75, 3.05) is 0 Å². The molecule has 0 aliphatic heterocycles. The molecule has 0 spiro atoms. The number of nitrogens with zero attached hydrogens (tertiary/aromatic N) is 1. The Morgan fingerprint density at radius 2 is 0.923 bits per heavy atom. The third-order valence-corrected chi connectivity index (χ3v) is 11.6. The average Bonchev–Trinajstić information content (AvgIpc) is 3.79. The minimum Gasteiger partial charge on any atom is -0.456 e. The van der Waals surface area contributed by atoms with E-state index in [2.05, 4.69) is 176 Å². The van der Waals surface area contributed by atoms with Gasteiger partial charge in [0.05, 0.1) is 11.4 Å². The number of hydrogen-bond donors (Lipinski definition) is 0. The van der Waals surface area contributed by atoms with Crippen LogP contribution in [0.5, 0.6) is 0 Å². The molecule has 3 aromatic heterocycles. The Bertz CT molecular complexity index is 3160. The molecule has 0 fully saturated rings. The van der Waals surface area contributed by atoms with Crippen molar-refractivity contribution < 1.29 is 4.42 Å². The Balaban J connectivity index is 1.07. The zero-order valence-electron chi connectivity index (χ0n) is 28.0. The van der Waals surface area contributed by atoms with Gasteiger partial charge in [-0.2, -0.15) is 0 Å². The van der Waals surface area contributed by atoms with E-state index in [1.807, 2.05) is 11.3 Å². The molecule has 0 radical (unpaired) electrons. The summed E-state index contributed by atoms with van der Waals surface area (Å²) in [6.07, 6.45) is 0. The molecule has 11 aromatic rings. The van der Waals surface area contributed by atoms with Gasteiger partial charge in [-0.05, 0) is 86.9 Å². The minimum absolute atomic E-state index is 0.887. The Kier molecular flexibility index (Phi) is 6.46. The molecule has 3 heterocycles. The van der Waals surface area contributed by atoms with Crippen molar-refractivity contribution in [2.24, 2.45) is 0 Å². The van der Waals surface area contributed by atoms with Gasteiger partial charge in [-0.25, -0.2) is 4.98 Å². The van der Waals surface area contributed by atoms with E-state index in [1.54, 1.807) is 0 Å². The predicted molar refractivity (Wildman–Crippen MR) is 221 cm³/mol. The lowest BCUT2D eigenvalue weighted by molar-refractivity contribution is 0.669. The lowest BCUT2D eigenvalue weighted by atomic mass is 9.95. The van der Waals surface area contributed by atoms with Gasteiger partial charge < -0.3 is 4.42 Å². The number of aromatic nitrogens is 1. The van der Waals surface area contributed by atoms with Gasteiger partial charge in [-0.1, -0.05) is 127 Å². The SMILES string of the molecule is c1ccc(-c2ccc3sc4ccc(-c5ccc(-c6cc7c(ccc8oc9ccc%10ccccc%10c9c87)c(-c7ccccc7)n6)cc5)cc4c3c2)cc1. The first-order chi connectivity index (χ1) is 25.7. The first-order valence-corrected chi connectivity index (χ1v) is 18.4. The normalized spacial score (nSPS) is 11.8. The Labute approximate surface area is 303 Å². The topological polar surface area (TPSA) is 26.0 Å². The van der Waals surface area contributed by atoms with E-state index in [1.165, 1.54) is 53.2 Å². The van der Waals surface area contributed by atoms with Crippen molar-refractivity contribution >= 4 is 75.0 Å². The molecule has 0 saturated carbocycles. The van der Waals surface area contributed by atoms with Crippen molar-refractivity contribution in [1.82, 2.24) is 4.98 Å². The fourth-order valence-corrected chi connectivity index (χ4v) is 8.99. The van der Waals surface area contributed by atoms with Crippen LogP contribution in [-0.4, -0.2) is 4.98 Å². The van der Waals surface area contributed by atoms with Crippen molar-refractivity contribution in [3.05, 3.63) is 176 Å². The highest BCUT2D eigenvalue weighted by molar-refractivity contribution is 7.25. The van der Waals surface area contributed by atoms with Gasteiger partial charge in [0.2, 0.25) is 0 Å². The van der Waals surface area contributed by atoms with E-state index in [4.69, 9.17) is 9.40 Å². The molecular formula is C49H29NOS. The van der Waals surface area contributed by atoms with Crippen LogP contribution < -0.4 is 0 Å². The average molecular weight is 680 g/mol. The molecule has 52 heavy (non-hydrogen) atoms. The maximum absolute atomic E-state index is 6.49. The largest absolute Gasteiger partial charge is 0.456 e. The van der Waals surface area contributed by atoms with Crippen LogP contribution in [0.15, 0.2) is 180 Å². The summed E-state index contributed by atoms with van der Waals surface area (Å²) in [5.74, 6) is 0. The lowest BCUT2D eigenvalue weighted by Gasteiger charge is -2.12. The minimum atomic E-state index is 0.887. The Morgan fingerprint density at radius 1 is 0.365 bits per heavy atom. The van der Waals surface area contributed by atoms with E-state index in [-0.39, 0.29) is 0 Å². The van der Waals surface area contributed by atoms with Gasteiger partial charge in [0, 0.05) is 47.5 Å². The van der Waals surface area contributed by atoms with Crippen LogP contribution in [-0.2, 0) is 0 Å². The van der Waals surface area contributed by atoms with E-state index >= 15 is 0 Å². The maximum atomic E-state index is 6.49. The summed E-state index contributed by atoms with van der Waals surface area (Å²) >= 11 is 1.86. The van der Waals surface area contributed by atoms with Crippen LogP contribution >= 0.6 is 11.3 Å². The molecule has 11 rings (SSSR count). The van der Waals surface area contributed by atoms with Crippen molar-refractivity contribution in [1.29, 1.82) is 0 Å². The van der Waals surface area contributed by atoms with Crippen LogP contribution in [0.25, 0.3) is 108 Å². The van der Waals surface area contributed by atoms with E-state index < -0.39 is 0 Å². The highest BCUT2D eigenvalue weighted by Crippen LogP contribution is 2.43. The fraction of sp³-hybridized carbons (Fsp3) is 0. The molecule has 0 amide bonds. The number of benzene rings is 8. The van der Waals surface area contributed by atoms with Crippen LogP contribution in [0.4, 0.5) is 0 Å². The Hall–Kier alpha value is -6.55. The molecule has 2 nitrogen and oxygen atoms in total. The molecule has 3 heteroatoms. The second-order valence-electron chi connectivity index (χ2n) is 13.5. The summed E-state index contributed by atoms with van der Waals surface area (Å²) in [6.45, 7) is 0. The smallest absolute Gasteiger partial charge is 0.136 e. The van der Waals surface area contributed by atoms with Crippen LogP contribution in [0.3, 0.4) is 0 Å². The number of fused-ring (bicyclic) bond motifs is 10. The quantitative estimate of drug-likeness (QED) is 0.185. The first kappa shape index (κ1) is 29.2. The third kappa shape index (κ3) is 4.60. The fourth-order valence-electron chi connectivity index (χ4n) is 7.93. The van der Waals surface area contributed by atoms with Crippen molar-refractivity contribution in [2.45, 2.75) is 0 Å². The lowest BCUT2D eigenvalue weighted by Crippen LogP contribution is -1.92. The summed E-state index contributed by atoms with van der Waals surface area (Å²) in [4.78, 5) is 5.35. The van der Waals surface area contributed by atoms with Crippen molar-refractivity contribution in [3.63, 3.8) is 0 Å². The van der Waals surface area contributed by atoms with Gasteiger partial charge in [-0.3, -0.25) is 0 Å². The molecule has 0 bridgehead atoms. The number of thiophene rings is 1. The second kappa shape index (κ2) is 11.5. The molecule has 0 aliphatic rings. The third-order valence-electron chi connectivity index (χ3n) is 10.5. The standard InChI is InChI=1S/C49H29NOS/c1-3-9-30(10-4-1)35-20-25-45-39(27-35)40-28-36(21-26-46(40)52-45)31-15-17-33(18-16-31)42-29-41-38(49(50-42)34-12-5-2-6-13-34)22-24-44-48(41)47-37-14-8-7-11-32(37)19-23-43(47)51-44/h1-29H. The molecule has 0 unspecified atom stereocenters. The van der Waals surface area contributed by atoms with Gasteiger partial charge in [0.15, 0.2) is 0 Å². The zero-order chi connectivity index (χ0) is 34.2. The van der Waals surface area contributed by atoms with Gasteiger partial charge in [0.25, 0.3) is 0 Å². The number of rotatable bonds is 4. The number of pyridine rings is 1. The van der Waals surface area contributed by atoms with Crippen LogP contribution in [0.1, 0.15) is 0 Å². The zero-order valence-corrected chi connectivity index (χ0v) is 28.8. The van der Waals surface area contributed by atoms with E-state index in [9.17, 15) is 0 Å². The molecule has 0 atom stereocenters. The summed E-state index contributed by atoms with van der Waals surface area (Å²) in [5.41, 5.74) is 10.7. The summed E-state index contributed by atoms with van der Waals surface area (Å²) in [5, 5.41) is 9.54. The van der Waals surface area contributed by atoms with E-state index in [0.717, 1.165) is 55.2 Å². The first-order valence-electron chi connectivity index (χ1n) is 17.6. The van der Waals surface area contributed by atoms with Crippen molar-refractivity contribution in [3.8, 4) is 44.8 Å². The van der Waals surface area contributed by atoms with Gasteiger partial charge >= 0.3 is 0 Å². The number of hydrogen-bond acceptors (Lipinski definition) is 3. The molecule has 0 aliphatic carbocycles. The molecule has 0 saturated heterocycles. The predicted octanol–water partition coefficient (Wildman–Crippen LogP) is 14.3. The van der Waals surface area contributed by atoms with Gasteiger partial charge in [0.1, 0.15) is 11.2 Å². The molecule has 8 aromatic carbocycles. The van der Waals surface area contributed by atoms with Crippen LogP contribution in [0.2, 0.25) is 0 Å². The monoisotopic (exact) mass is 679 g/mol. The number of furan rings is 1. The molecule has 0 N–H and O–H groups in total. The maximum Gasteiger partial charge on any atom is 0.136 e. The van der Waals surface area contributed by atoms with E-state index in [0.29, 0.717) is 0 Å². The second-order valence-corrected chi connectivity index (χ2v) is 14.6. The Morgan fingerprint density at radius 3 is 1.63 bits per heavy atom. The van der Waals surface area contributed by atoms with Crippen LogP contribution in [0, 0.1) is 0 Å². The highest BCUT2D eigenvalue weighted by atomic mass is 32.1. The molecule has 242 valence electrons. The molecular weight excluding hydrogens is 651 g/mol. The summed E-state index contributed by atoms with van der Waals surface area (Å²) in [6, 6.07) is 63.1. The summed E-state index contributed by atoms with van der Waals surface area (Å²) in [7, 11) is 0. The summed E-state index contributed by atoms with van der Waals surface area (Å²) < 4.78 is 9.10.